The lowest BCUT2D eigenvalue weighted by atomic mass is 10.1. The minimum atomic E-state index is -1.82. The van der Waals surface area contributed by atoms with Gasteiger partial charge in [0.05, 0.1) is 7.11 Å². The van der Waals surface area contributed by atoms with Crippen molar-refractivity contribution in [2.45, 2.75) is 26.8 Å². The smallest absolute Gasteiger partial charge is 0.414 e. The summed E-state index contributed by atoms with van der Waals surface area (Å²) in [6.07, 6.45) is 0.981. The minimum Gasteiger partial charge on any atom is -0.496 e. The van der Waals surface area contributed by atoms with Gasteiger partial charge in [-0.05, 0) is 49.6 Å². The van der Waals surface area contributed by atoms with Crippen LogP contribution in [0.5, 0.6) is 5.75 Å². The van der Waals surface area contributed by atoms with Gasteiger partial charge in [-0.3, -0.25) is 0 Å². The number of aliphatic carboxylic acids is 2. The number of hydrogen-bond donors (Lipinski definition) is 3. The van der Waals surface area contributed by atoms with E-state index in [4.69, 9.17) is 24.5 Å². The molecule has 0 bridgehead atoms. The Hall–Kier alpha value is -2.86. The summed E-state index contributed by atoms with van der Waals surface area (Å²) in [6, 6.07) is 14.8. The quantitative estimate of drug-likeness (QED) is 0.542. The van der Waals surface area contributed by atoms with E-state index in [1.54, 1.807) is 7.11 Å². The highest BCUT2D eigenvalue weighted by atomic mass is 16.5. The average molecular weight is 359 g/mol. The molecule has 0 aromatic heterocycles. The molecule has 0 aliphatic rings. The van der Waals surface area contributed by atoms with Gasteiger partial charge >= 0.3 is 11.9 Å². The zero-order chi connectivity index (χ0) is 19.5. The summed E-state index contributed by atoms with van der Waals surface area (Å²) in [7, 11) is 1.72. The molecular formula is C20H25NO5. The van der Waals surface area contributed by atoms with Crippen molar-refractivity contribution in [1.29, 1.82) is 0 Å². The van der Waals surface area contributed by atoms with E-state index in [2.05, 4.69) is 49.5 Å². The first-order valence-corrected chi connectivity index (χ1v) is 8.20. The summed E-state index contributed by atoms with van der Waals surface area (Å²) >= 11 is 0. The molecule has 0 fully saturated rings. The number of ether oxygens (including phenoxy) is 1. The summed E-state index contributed by atoms with van der Waals surface area (Å²) in [5.74, 6) is -2.68. The molecule has 140 valence electrons. The lowest BCUT2D eigenvalue weighted by Crippen LogP contribution is -2.17. The molecule has 0 spiro atoms. The number of nitrogens with one attached hydrogen (secondary N) is 1. The molecule has 0 radical (unpaired) electrons. The van der Waals surface area contributed by atoms with E-state index in [0.717, 1.165) is 25.3 Å². The van der Waals surface area contributed by atoms with Crippen LogP contribution in [0.3, 0.4) is 0 Å². The molecule has 0 aliphatic heterocycles. The number of carboxylic acids is 2. The maximum atomic E-state index is 9.10. The van der Waals surface area contributed by atoms with Crippen molar-refractivity contribution < 1.29 is 24.5 Å². The fraction of sp³-hybridized carbons (Fsp3) is 0.300. The van der Waals surface area contributed by atoms with Crippen molar-refractivity contribution >= 4 is 11.9 Å². The number of carbonyl (C=O) groups is 2. The van der Waals surface area contributed by atoms with Gasteiger partial charge < -0.3 is 20.3 Å². The Morgan fingerprint density at radius 1 is 1.00 bits per heavy atom. The van der Waals surface area contributed by atoms with Gasteiger partial charge in [0.15, 0.2) is 0 Å². The third-order valence-electron chi connectivity index (χ3n) is 3.76. The van der Waals surface area contributed by atoms with Crippen molar-refractivity contribution in [1.82, 2.24) is 5.32 Å². The van der Waals surface area contributed by atoms with E-state index in [0.29, 0.717) is 0 Å². The zero-order valence-electron chi connectivity index (χ0n) is 15.3. The van der Waals surface area contributed by atoms with Crippen LogP contribution >= 0.6 is 0 Å². The van der Waals surface area contributed by atoms with Crippen LogP contribution in [0.1, 0.15) is 22.3 Å². The van der Waals surface area contributed by atoms with Crippen LogP contribution in [-0.4, -0.2) is 35.8 Å². The molecule has 0 heterocycles. The van der Waals surface area contributed by atoms with Gasteiger partial charge in [0.2, 0.25) is 0 Å². The van der Waals surface area contributed by atoms with Gasteiger partial charge in [-0.1, -0.05) is 42.0 Å². The Balaban J connectivity index is 0.000000487. The number of para-hydroxylation sites is 1. The number of benzene rings is 2. The van der Waals surface area contributed by atoms with Crippen LogP contribution in [0, 0.1) is 13.8 Å². The number of aryl methyl sites for hydroxylation is 2. The predicted octanol–water partition coefficient (Wildman–Crippen LogP) is 2.80. The summed E-state index contributed by atoms with van der Waals surface area (Å²) in [5, 5.41) is 18.3. The Morgan fingerprint density at radius 2 is 1.65 bits per heavy atom. The van der Waals surface area contributed by atoms with E-state index < -0.39 is 11.9 Å². The van der Waals surface area contributed by atoms with E-state index >= 15 is 0 Å². The van der Waals surface area contributed by atoms with E-state index in [-0.39, 0.29) is 0 Å². The van der Waals surface area contributed by atoms with Crippen molar-refractivity contribution in [3.8, 4) is 5.75 Å². The Labute approximate surface area is 153 Å². The molecule has 3 N–H and O–H groups in total. The molecule has 0 amide bonds. The third-order valence-corrected chi connectivity index (χ3v) is 3.76. The van der Waals surface area contributed by atoms with E-state index in [9.17, 15) is 0 Å². The van der Waals surface area contributed by atoms with Gasteiger partial charge in [-0.2, -0.15) is 0 Å². The van der Waals surface area contributed by atoms with Crippen LogP contribution in [0.2, 0.25) is 0 Å². The summed E-state index contributed by atoms with van der Waals surface area (Å²) < 4.78 is 5.37. The first kappa shape index (κ1) is 21.2. The lowest BCUT2D eigenvalue weighted by Gasteiger charge is -2.10. The Morgan fingerprint density at radius 3 is 2.23 bits per heavy atom. The first-order valence-electron chi connectivity index (χ1n) is 8.20. The number of carboxylic acid groups (broad SMARTS) is 2. The van der Waals surface area contributed by atoms with Crippen molar-refractivity contribution in [3.05, 3.63) is 64.7 Å². The average Bonchev–Trinajstić information content (AvgIpc) is 2.61. The summed E-state index contributed by atoms with van der Waals surface area (Å²) in [5.41, 5.74) is 5.30. The molecule has 2 rings (SSSR count). The molecular weight excluding hydrogens is 334 g/mol. The summed E-state index contributed by atoms with van der Waals surface area (Å²) in [4.78, 5) is 18.2. The SMILES string of the molecule is COc1ccccc1CCNCc1ccc(C)cc1C.O=C(O)C(=O)O. The van der Waals surface area contributed by atoms with Crippen LogP contribution in [0.15, 0.2) is 42.5 Å². The minimum absolute atomic E-state index is 0.918. The van der Waals surface area contributed by atoms with Crippen molar-refractivity contribution in [2.24, 2.45) is 0 Å². The highest BCUT2D eigenvalue weighted by molar-refractivity contribution is 6.27. The number of hydrogen-bond acceptors (Lipinski definition) is 4. The second-order valence-electron chi connectivity index (χ2n) is 5.78. The fourth-order valence-corrected chi connectivity index (χ4v) is 2.40. The summed E-state index contributed by atoms with van der Waals surface area (Å²) in [6.45, 7) is 6.17. The van der Waals surface area contributed by atoms with Crippen molar-refractivity contribution in [3.63, 3.8) is 0 Å². The second kappa shape index (κ2) is 10.9. The third kappa shape index (κ3) is 7.36. The molecule has 26 heavy (non-hydrogen) atoms. The normalized spacial score (nSPS) is 9.81. The monoisotopic (exact) mass is 359 g/mol. The molecule has 0 aliphatic carbocycles. The maximum absolute atomic E-state index is 9.10. The van der Waals surface area contributed by atoms with E-state index in [1.165, 1.54) is 22.3 Å². The van der Waals surface area contributed by atoms with Crippen LogP contribution in [0.25, 0.3) is 0 Å². The van der Waals surface area contributed by atoms with Gasteiger partial charge in [0.1, 0.15) is 5.75 Å². The van der Waals surface area contributed by atoms with Gasteiger partial charge in [0.25, 0.3) is 0 Å². The van der Waals surface area contributed by atoms with E-state index in [1.807, 2.05) is 12.1 Å². The van der Waals surface area contributed by atoms with Crippen LogP contribution in [-0.2, 0) is 22.6 Å². The molecule has 6 heteroatoms. The zero-order valence-corrected chi connectivity index (χ0v) is 15.3. The van der Waals surface area contributed by atoms with Crippen LogP contribution in [0.4, 0.5) is 0 Å². The molecule has 2 aromatic rings. The number of rotatable bonds is 6. The molecule has 6 nitrogen and oxygen atoms in total. The van der Waals surface area contributed by atoms with Gasteiger partial charge in [-0.15, -0.1) is 0 Å². The Kier molecular flexibility index (Phi) is 8.87. The topological polar surface area (TPSA) is 95.9 Å². The second-order valence-corrected chi connectivity index (χ2v) is 5.78. The van der Waals surface area contributed by atoms with Gasteiger partial charge in [-0.25, -0.2) is 9.59 Å². The Bertz CT molecular complexity index is 731. The lowest BCUT2D eigenvalue weighted by molar-refractivity contribution is -0.159. The van der Waals surface area contributed by atoms with Crippen molar-refractivity contribution in [2.75, 3.05) is 13.7 Å². The maximum Gasteiger partial charge on any atom is 0.414 e. The van der Waals surface area contributed by atoms with Crippen LogP contribution < -0.4 is 10.1 Å². The van der Waals surface area contributed by atoms with Gasteiger partial charge in [0, 0.05) is 6.54 Å². The highest BCUT2D eigenvalue weighted by Gasteiger charge is 2.04. The largest absolute Gasteiger partial charge is 0.496 e. The molecule has 2 aromatic carbocycles. The molecule has 0 atom stereocenters. The highest BCUT2D eigenvalue weighted by Crippen LogP contribution is 2.17. The fourth-order valence-electron chi connectivity index (χ4n) is 2.40. The predicted molar refractivity (Wildman–Crippen MR) is 99.6 cm³/mol. The first-order chi connectivity index (χ1) is 12.3. The molecule has 0 saturated heterocycles. The number of methoxy groups -OCH3 is 1. The molecule has 0 saturated carbocycles. The standard InChI is InChI=1S/C18H23NO.C2H2O4/c1-14-8-9-17(15(2)12-14)13-19-11-10-16-6-4-5-7-18(16)20-3;3-1(4)2(5)6/h4-9,12,19H,10-11,13H2,1-3H3;(H,3,4)(H,5,6). The molecule has 0 unspecified atom stereocenters.